The van der Waals surface area contributed by atoms with Crippen LogP contribution in [0.3, 0.4) is 0 Å². The third kappa shape index (κ3) is 18.1. The normalized spacial score (nSPS) is 11.4. The fourth-order valence-corrected chi connectivity index (χ4v) is 3.04. The molecule has 142 valence electrons. The summed E-state index contributed by atoms with van der Waals surface area (Å²) >= 11 is -2.10. The molecule has 0 fully saturated rings. The van der Waals surface area contributed by atoms with Crippen LogP contribution >= 0.6 is 0 Å². The number of carbonyl (C=O) groups is 2. The molecule has 1 unspecified atom stereocenters. The molecular weight excluding hydrogens is 348 g/mol. The van der Waals surface area contributed by atoms with Gasteiger partial charge < -0.3 is 9.90 Å². The van der Waals surface area contributed by atoms with Gasteiger partial charge in [0.15, 0.2) is 0 Å². The Labute approximate surface area is 154 Å². The molecule has 0 aliphatic heterocycles. The van der Waals surface area contributed by atoms with Crippen LogP contribution in [-0.4, -0.2) is 31.6 Å². The van der Waals surface area contributed by atoms with E-state index in [0.29, 0.717) is 0 Å². The first-order valence-electron chi connectivity index (χ1n) is 8.87. The van der Waals surface area contributed by atoms with Gasteiger partial charge >= 0.3 is 108 Å². The monoisotopic (exact) mass is 382 g/mol. The molecule has 0 amide bonds. The zero-order valence-electron chi connectivity index (χ0n) is 15.9. The standard InChI is InChI=1S/C5H8O3.3C4H9O.Ti/c1-3(4(2)6)5(7)8;3*1-2-3-4-5;/h3H,1-2H3,(H,7,8);3*2-4H2,1H3;/q;3*-1;+4/p-1. The Morgan fingerprint density at radius 1 is 0.875 bits per heavy atom. The molecule has 0 aromatic heterocycles. The van der Waals surface area contributed by atoms with Gasteiger partial charge in [0.1, 0.15) is 5.78 Å². The Kier molecular flexibility index (Phi) is 20.6. The maximum atomic E-state index is 10.2. The van der Waals surface area contributed by atoms with Gasteiger partial charge in [-0.15, -0.1) is 0 Å². The number of hydrogen-bond donors (Lipinski definition) is 0. The summed E-state index contributed by atoms with van der Waals surface area (Å²) in [4.78, 5) is 20.0. The summed E-state index contributed by atoms with van der Waals surface area (Å²) in [6, 6.07) is 0. The third-order valence-corrected chi connectivity index (χ3v) is 5.18. The number of Topliss-reactive ketones (excluding diaryl/α,β-unsaturated/α-hetero) is 1. The summed E-state index contributed by atoms with van der Waals surface area (Å²) in [5.41, 5.74) is 0. The van der Waals surface area contributed by atoms with E-state index in [1.165, 1.54) is 13.8 Å². The van der Waals surface area contributed by atoms with Crippen molar-refractivity contribution in [1.82, 2.24) is 0 Å². The second-order valence-electron chi connectivity index (χ2n) is 5.51. The van der Waals surface area contributed by atoms with E-state index in [9.17, 15) is 14.7 Å². The summed E-state index contributed by atoms with van der Waals surface area (Å²) in [6.45, 7) is 11.4. The molecule has 0 N–H and O–H groups in total. The number of ketones is 1. The van der Waals surface area contributed by atoms with E-state index in [4.69, 9.17) is 9.96 Å². The average Bonchev–Trinajstić information content (AvgIpc) is 2.54. The maximum absolute atomic E-state index is 10.2. The number of aliphatic carboxylic acids is 1. The summed E-state index contributed by atoms with van der Waals surface area (Å²) in [7, 11) is 0. The topological polar surface area (TPSA) is 84.9 Å². The summed E-state index contributed by atoms with van der Waals surface area (Å²) in [5, 5.41) is 9.81. The van der Waals surface area contributed by atoms with Crippen molar-refractivity contribution in [2.75, 3.05) is 19.8 Å². The molecular formula is C17H34O6Ti. The van der Waals surface area contributed by atoms with Gasteiger partial charge in [-0.2, -0.15) is 0 Å². The van der Waals surface area contributed by atoms with Crippen LogP contribution in [0, 0.1) is 5.92 Å². The molecule has 0 saturated heterocycles. The zero-order valence-corrected chi connectivity index (χ0v) is 17.5. The first-order chi connectivity index (χ1) is 11.4. The summed E-state index contributed by atoms with van der Waals surface area (Å²) in [5.74, 6) is -2.64. The van der Waals surface area contributed by atoms with Crippen molar-refractivity contribution < 1.29 is 43.7 Å². The van der Waals surface area contributed by atoms with Gasteiger partial charge in [-0.1, -0.05) is 6.92 Å². The SMILES string of the molecule is CC(=O)C(C)C(=O)[O-].CCCC[O][Ti+]([O]CCCC)[O]CCCC. The van der Waals surface area contributed by atoms with Gasteiger partial charge in [0.05, 0.1) is 11.9 Å². The Balaban J connectivity index is 0. The quantitative estimate of drug-likeness (QED) is 0.261. The van der Waals surface area contributed by atoms with Crippen LogP contribution < -0.4 is 5.11 Å². The fraction of sp³-hybridized carbons (Fsp3) is 0.882. The molecule has 24 heavy (non-hydrogen) atoms. The molecule has 0 radical (unpaired) electrons. The van der Waals surface area contributed by atoms with Crippen molar-refractivity contribution >= 4 is 11.8 Å². The van der Waals surface area contributed by atoms with Gasteiger partial charge in [0.2, 0.25) is 0 Å². The van der Waals surface area contributed by atoms with Crippen LogP contribution in [0.2, 0.25) is 0 Å². The van der Waals surface area contributed by atoms with Crippen LogP contribution in [0.1, 0.15) is 73.1 Å². The number of unbranched alkanes of at least 4 members (excludes halogenated alkanes) is 3. The molecule has 6 nitrogen and oxygen atoms in total. The zero-order chi connectivity index (χ0) is 18.8. The van der Waals surface area contributed by atoms with Crippen LogP contribution in [0.4, 0.5) is 0 Å². The van der Waals surface area contributed by atoms with E-state index in [-0.39, 0.29) is 5.78 Å². The van der Waals surface area contributed by atoms with Crippen LogP contribution in [0.25, 0.3) is 0 Å². The second kappa shape index (κ2) is 19.1. The predicted octanol–water partition coefficient (Wildman–Crippen LogP) is 2.76. The van der Waals surface area contributed by atoms with E-state index < -0.39 is 30.9 Å². The van der Waals surface area contributed by atoms with Crippen molar-refractivity contribution in [1.29, 1.82) is 0 Å². The number of carboxylic acid groups (broad SMARTS) is 1. The van der Waals surface area contributed by atoms with Gasteiger partial charge in [-0.25, -0.2) is 0 Å². The van der Waals surface area contributed by atoms with Crippen molar-refractivity contribution in [3.63, 3.8) is 0 Å². The Morgan fingerprint density at radius 2 is 1.21 bits per heavy atom. The van der Waals surface area contributed by atoms with Gasteiger partial charge in [0, 0.05) is 0 Å². The molecule has 0 bridgehead atoms. The van der Waals surface area contributed by atoms with E-state index in [1.807, 2.05) is 0 Å². The molecule has 0 aliphatic rings. The Morgan fingerprint density at radius 3 is 1.38 bits per heavy atom. The van der Waals surface area contributed by atoms with Crippen LogP contribution in [0.15, 0.2) is 0 Å². The Bertz CT molecular complexity index is 274. The number of rotatable bonds is 14. The van der Waals surface area contributed by atoms with Crippen molar-refractivity contribution in [3.8, 4) is 0 Å². The van der Waals surface area contributed by atoms with E-state index in [2.05, 4.69) is 20.8 Å². The molecule has 0 aromatic rings. The molecule has 0 aromatic carbocycles. The van der Waals surface area contributed by atoms with Crippen molar-refractivity contribution in [2.24, 2.45) is 5.92 Å². The molecule has 0 heterocycles. The first kappa shape index (κ1) is 26.0. The molecule has 0 aliphatic carbocycles. The van der Waals surface area contributed by atoms with E-state index in [1.54, 1.807) is 0 Å². The van der Waals surface area contributed by atoms with Gasteiger partial charge in [-0.05, 0) is 6.92 Å². The number of hydrogen-bond acceptors (Lipinski definition) is 6. The third-order valence-electron chi connectivity index (χ3n) is 3.12. The summed E-state index contributed by atoms with van der Waals surface area (Å²) in [6.07, 6.45) is 6.79. The van der Waals surface area contributed by atoms with Gasteiger partial charge in [-0.3, -0.25) is 4.79 Å². The van der Waals surface area contributed by atoms with E-state index in [0.717, 1.165) is 58.3 Å². The van der Waals surface area contributed by atoms with Crippen LogP contribution in [0.5, 0.6) is 0 Å². The van der Waals surface area contributed by atoms with Crippen molar-refractivity contribution in [3.05, 3.63) is 0 Å². The molecule has 0 saturated carbocycles. The molecule has 1 atom stereocenters. The molecule has 0 spiro atoms. The van der Waals surface area contributed by atoms with Crippen molar-refractivity contribution in [2.45, 2.75) is 73.1 Å². The number of carboxylic acids is 1. The predicted molar refractivity (Wildman–Crippen MR) is 87.4 cm³/mol. The minimum atomic E-state index is -2.10. The summed E-state index contributed by atoms with van der Waals surface area (Å²) < 4.78 is 17.1. The fourth-order valence-electron chi connectivity index (χ4n) is 1.19. The minimum absolute atomic E-state index is 0.370. The van der Waals surface area contributed by atoms with Gasteiger partial charge in [0.25, 0.3) is 0 Å². The molecule has 7 heteroatoms. The first-order valence-corrected chi connectivity index (χ1v) is 10.8. The second-order valence-corrected chi connectivity index (χ2v) is 7.64. The van der Waals surface area contributed by atoms with Crippen LogP contribution in [-0.2, 0) is 38.6 Å². The average molecular weight is 382 g/mol. The molecule has 0 rings (SSSR count). The number of carbonyl (C=O) groups excluding carboxylic acids is 2. The van der Waals surface area contributed by atoms with E-state index >= 15 is 0 Å². The Hall–Kier alpha value is -0.266.